The van der Waals surface area contributed by atoms with Crippen molar-refractivity contribution in [3.05, 3.63) is 29.1 Å². The summed E-state index contributed by atoms with van der Waals surface area (Å²) in [6.07, 6.45) is 8.44. The predicted molar refractivity (Wildman–Crippen MR) is 136 cm³/mol. The fourth-order valence-electron chi connectivity index (χ4n) is 5.64. The summed E-state index contributed by atoms with van der Waals surface area (Å²) < 4.78 is 45.8. The van der Waals surface area contributed by atoms with Gasteiger partial charge in [-0.3, -0.25) is 9.69 Å². The lowest BCUT2D eigenvalue weighted by Crippen LogP contribution is -2.58. The standard InChI is InChI=1S/C25H39FN2O4S.ClH/c1-4-17-33(30,31)28-15-13-27(14-16-28)25(10-7-5-6-8-11-25)12-9-22(29)24-20(2)18-21(26)19-23(24)32-3;/h18-19H,4-17H2,1-3H3;1H. The molecule has 3 rings (SSSR count). The molecule has 0 N–H and O–H groups in total. The van der Waals surface area contributed by atoms with Crippen LogP contribution in [0.3, 0.4) is 0 Å². The molecular formula is C25H40ClFN2O4S. The second-order valence-corrected chi connectivity index (χ2v) is 11.7. The molecule has 1 aromatic rings. The minimum Gasteiger partial charge on any atom is -0.496 e. The van der Waals surface area contributed by atoms with Gasteiger partial charge in [0.1, 0.15) is 11.6 Å². The van der Waals surface area contributed by atoms with Crippen LogP contribution in [0, 0.1) is 12.7 Å². The van der Waals surface area contributed by atoms with Crippen molar-refractivity contribution in [3.8, 4) is 5.75 Å². The van der Waals surface area contributed by atoms with E-state index >= 15 is 0 Å². The Kier molecular flexibility index (Phi) is 10.8. The van der Waals surface area contributed by atoms with E-state index in [1.54, 1.807) is 11.2 Å². The van der Waals surface area contributed by atoms with Gasteiger partial charge in [-0.1, -0.05) is 32.6 Å². The molecule has 1 saturated heterocycles. The van der Waals surface area contributed by atoms with Crippen molar-refractivity contribution in [1.82, 2.24) is 9.21 Å². The molecule has 2 fully saturated rings. The number of ketones is 1. The molecule has 1 aromatic carbocycles. The normalized spacial score (nSPS) is 19.8. The Hall–Kier alpha value is -1.22. The van der Waals surface area contributed by atoms with E-state index < -0.39 is 15.8 Å². The van der Waals surface area contributed by atoms with Gasteiger partial charge >= 0.3 is 0 Å². The lowest BCUT2D eigenvalue weighted by molar-refractivity contribution is 0.0320. The van der Waals surface area contributed by atoms with Gasteiger partial charge in [0.15, 0.2) is 5.78 Å². The van der Waals surface area contributed by atoms with Crippen LogP contribution in [0.5, 0.6) is 5.75 Å². The fourth-order valence-corrected chi connectivity index (χ4v) is 7.13. The van der Waals surface area contributed by atoms with E-state index in [9.17, 15) is 17.6 Å². The van der Waals surface area contributed by atoms with Gasteiger partial charge in [-0.2, -0.15) is 4.31 Å². The zero-order valence-electron chi connectivity index (χ0n) is 20.8. The summed E-state index contributed by atoms with van der Waals surface area (Å²) in [6, 6.07) is 2.66. The summed E-state index contributed by atoms with van der Waals surface area (Å²) in [5.74, 6) is 0.0715. The maximum atomic E-state index is 13.8. The van der Waals surface area contributed by atoms with Gasteiger partial charge in [0.25, 0.3) is 0 Å². The Morgan fingerprint density at radius 2 is 1.71 bits per heavy atom. The highest BCUT2D eigenvalue weighted by atomic mass is 35.5. The van der Waals surface area contributed by atoms with Crippen LogP contribution >= 0.6 is 12.4 Å². The molecule has 0 amide bonds. The Labute approximate surface area is 210 Å². The number of sulfonamides is 1. The van der Waals surface area contributed by atoms with Crippen LogP contribution in [0.2, 0.25) is 0 Å². The number of hydrogen-bond donors (Lipinski definition) is 0. The highest BCUT2D eigenvalue weighted by molar-refractivity contribution is 7.89. The van der Waals surface area contributed by atoms with Crippen LogP contribution in [0.25, 0.3) is 0 Å². The number of benzene rings is 1. The number of halogens is 2. The third-order valence-electron chi connectivity index (χ3n) is 7.38. The zero-order valence-corrected chi connectivity index (χ0v) is 22.4. The third-order valence-corrected chi connectivity index (χ3v) is 9.46. The number of methoxy groups -OCH3 is 1. The van der Waals surface area contributed by atoms with Crippen LogP contribution in [0.15, 0.2) is 12.1 Å². The Balaban J connectivity index is 0.00000408. The summed E-state index contributed by atoms with van der Waals surface area (Å²) in [7, 11) is -1.72. The first-order valence-corrected chi connectivity index (χ1v) is 13.9. The topological polar surface area (TPSA) is 66.9 Å². The van der Waals surface area contributed by atoms with E-state index in [1.807, 2.05) is 6.92 Å². The fraction of sp³-hybridized carbons (Fsp3) is 0.720. The predicted octanol–water partition coefficient (Wildman–Crippen LogP) is 4.98. The van der Waals surface area contributed by atoms with Gasteiger partial charge in [0.05, 0.1) is 18.4 Å². The molecule has 2 aliphatic rings. The number of carbonyl (C=O) groups excluding carboxylic acids is 1. The van der Waals surface area contributed by atoms with Gasteiger partial charge < -0.3 is 4.74 Å². The number of rotatable bonds is 9. The van der Waals surface area contributed by atoms with Gasteiger partial charge in [0, 0.05) is 44.2 Å². The summed E-state index contributed by atoms with van der Waals surface area (Å²) in [5, 5.41) is 0. The monoisotopic (exact) mass is 518 g/mol. The van der Waals surface area contributed by atoms with Crippen molar-refractivity contribution in [2.45, 2.75) is 77.2 Å². The van der Waals surface area contributed by atoms with Crippen molar-refractivity contribution in [2.75, 3.05) is 39.0 Å². The average Bonchev–Trinajstić information content (AvgIpc) is 3.03. The number of Topliss-reactive ketones (excluding diaryl/α,β-unsaturated/α-hetero) is 1. The van der Waals surface area contributed by atoms with Crippen LogP contribution in [0.4, 0.5) is 4.39 Å². The number of aryl methyl sites for hydroxylation is 1. The van der Waals surface area contributed by atoms with E-state index in [2.05, 4.69) is 4.90 Å². The number of nitrogens with zero attached hydrogens (tertiary/aromatic N) is 2. The molecule has 1 heterocycles. The summed E-state index contributed by atoms with van der Waals surface area (Å²) >= 11 is 0. The smallest absolute Gasteiger partial charge is 0.214 e. The lowest BCUT2D eigenvalue weighted by Gasteiger charge is -2.48. The first-order chi connectivity index (χ1) is 15.7. The van der Waals surface area contributed by atoms with E-state index in [-0.39, 0.29) is 29.5 Å². The van der Waals surface area contributed by atoms with Gasteiger partial charge in [0.2, 0.25) is 10.0 Å². The minimum absolute atomic E-state index is 0. The molecule has 9 heteroatoms. The zero-order chi connectivity index (χ0) is 24.1. The Bertz CT molecular complexity index is 925. The van der Waals surface area contributed by atoms with Crippen molar-refractivity contribution in [2.24, 2.45) is 0 Å². The molecule has 1 saturated carbocycles. The van der Waals surface area contributed by atoms with E-state index in [0.29, 0.717) is 55.9 Å². The van der Waals surface area contributed by atoms with Crippen molar-refractivity contribution < 1.29 is 22.3 Å². The van der Waals surface area contributed by atoms with E-state index in [1.165, 1.54) is 32.1 Å². The van der Waals surface area contributed by atoms with Gasteiger partial charge in [-0.25, -0.2) is 12.8 Å². The molecular weight excluding hydrogens is 479 g/mol. The molecule has 1 aliphatic carbocycles. The first kappa shape index (κ1) is 29.0. The molecule has 0 atom stereocenters. The molecule has 194 valence electrons. The summed E-state index contributed by atoms with van der Waals surface area (Å²) in [5.41, 5.74) is 0.980. The van der Waals surface area contributed by atoms with Crippen molar-refractivity contribution in [3.63, 3.8) is 0 Å². The first-order valence-electron chi connectivity index (χ1n) is 12.3. The lowest BCUT2D eigenvalue weighted by atomic mass is 9.81. The number of ether oxygens (including phenoxy) is 1. The number of carbonyl (C=O) groups is 1. The number of hydrogen-bond acceptors (Lipinski definition) is 5. The molecule has 0 spiro atoms. The molecule has 0 radical (unpaired) electrons. The minimum atomic E-state index is -3.18. The summed E-state index contributed by atoms with van der Waals surface area (Å²) in [4.78, 5) is 15.7. The van der Waals surface area contributed by atoms with Crippen molar-refractivity contribution >= 4 is 28.2 Å². The highest BCUT2D eigenvalue weighted by Gasteiger charge is 2.40. The largest absolute Gasteiger partial charge is 0.496 e. The second kappa shape index (κ2) is 12.7. The Morgan fingerprint density at radius 3 is 2.26 bits per heavy atom. The number of piperazine rings is 1. The summed E-state index contributed by atoms with van der Waals surface area (Å²) in [6.45, 7) is 6.08. The average molecular weight is 519 g/mol. The molecule has 0 unspecified atom stereocenters. The maximum Gasteiger partial charge on any atom is 0.214 e. The SMILES string of the molecule is CCCS(=O)(=O)N1CCN(C2(CCC(=O)c3c(C)cc(F)cc3OC)CCCCCC2)CC1.Cl. The quantitative estimate of drug-likeness (QED) is 0.341. The van der Waals surface area contributed by atoms with Crippen LogP contribution in [0.1, 0.15) is 80.6 Å². The molecule has 34 heavy (non-hydrogen) atoms. The molecule has 1 aliphatic heterocycles. The van der Waals surface area contributed by atoms with E-state index in [0.717, 1.165) is 32.1 Å². The van der Waals surface area contributed by atoms with Gasteiger partial charge in [-0.15, -0.1) is 12.4 Å². The molecule has 6 nitrogen and oxygen atoms in total. The van der Waals surface area contributed by atoms with Crippen molar-refractivity contribution in [1.29, 1.82) is 0 Å². The molecule has 0 aromatic heterocycles. The molecule has 0 bridgehead atoms. The maximum absolute atomic E-state index is 13.8. The van der Waals surface area contributed by atoms with Crippen LogP contribution in [-0.2, 0) is 10.0 Å². The highest BCUT2D eigenvalue weighted by Crippen LogP contribution is 2.38. The van der Waals surface area contributed by atoms with Crippen LogP contribution in [-0.4, -0.2) is 68.0 Å². The van der Waals surface area contributed by atoms with Gasteiger partial charge in [-0.05, 0) is 44.2 Å². The third kappa shape index (κ3) is 6.71. The second-order valence-electron chi connectivity index (χ2n) is 9.56. The van der Waals surface area contributed by atoms with Crippen LogP contribution < -0.4 is 4.74 Å². The van der Waals surface area contributed by atoms with E-state index in [4.69, 9.17) is 4.74 Å². The Morgan fingerprint density at radius 1 is 1.09 bits per heavy atom.